The number of rotatable bonds is 13. The van der Waals surface area contributed by atoms with Gasteiger partial charge in [0.05, 0.1) is 22.8 Å². The Kier molecular flexibility index (Phi) is 13.6. The third kappa shape index (κ3) is 7.31. The summed E-state index contributed by atoms with van der Waals surface area (Å²) in [5.41, 5.74) is 25.3. The molecular weight excluding hydrogens is 739 g/mol. The van der Waals surface area contributed by atoms with Crippen LogP contribution in [0.3, 0.4) is 0 Å². The fraction of sp³-hybridized carbons (Fsp3) is 0.385. The summed E-state index contributed by atoms with van der Waals surface area (Å²) in [6.07, 6.45) is 10.3. The van der Waals surface area contributed by atoms with E-state index in [4.69, 9.17) is 19.9 Å². The van der Waals surface area contributed by atoms with Gasteiger partial charge in [0.25, 0.3) is 0 Å². The van der Waals surface area contributed by atoms with Crippen molar-refractivity contribution in [3.8, 4) is 22.3 Å². The molecule has 8 bridgehead atoms. The second-order valence-electron chi connectivity index (χ2n) is 15.2. The molecule has 3 aromatic heterocycles. The predicted octanol–water partition coefficient (Wildman–Crippen LogP) is 14.0. The van der Waals surface area contributed by atoms with Crippen LogP contribution in [0.25, 0.3) is 66.6 Å². The van der Waals surface area contributed by atoms with Crippen LogP contribution in [0.4, 0.5) is 0 Å². The molecule has 5 aromatic rings. The number of fused-ring (bicyclic) bond motifs is 8. The minimum atomic E-state index is 0. The maximum absolute atomic E-state index is 5.86. The second-order valence-corrected chi connectivity index (χ2v) is 15.2. The number of benzene rings is 2. The number of hydrogen-bond donors (Lipinski definition) is 0. The molecule has 298 valence electrons. The van der Waals surface area contributed by atoms with Crippen LogP contribution in [0.15, 0.2) is 66.7 Å². The Morgan fingerprint density at radius 2 is 0.895 bits per heavy atom. The number of aromatic nitrogens is 4. The molecule has 0 fully saturated rings. The van der Waals surface area contributed by atoms with Gasteiger partial charge >= 0.3 is 16.5 Å². The Labute approximate surface area is 351 Å². The monoisotopic (exact) mass is 798 g/mol. The van der Waals surface area contributed by atoms with Crippen molar-refractivity contribution in [2.45, 2.75) is 133 Å². The van der Waals surface area contributed by atoms with Crippen LogP contribution in [0.2, 0.25) is 0 Å². The normalized spacial score (nSPS) is 12.8. The van der Waals surface area contributed by atoms with Gasteiger partial charge in [0, 0.05) is 0 Å². The summed E-state index contributed by atoms with van der Waals surface area (Å²) in [7, 11) is 0. The van der Waals surface area contributed by atoms with Crippen molar-refractivity contribution in [3.63, 3.8) is 0 Å². The number of nitrogens with zero attached hydrogens (tertiary/aromatic N) is 4. The van der Waals surface area contributed by atoms with Gasteiger partial charge in [-0.25, -0.2) is 9.97 Å². The first-order chi connectivity index (χ1) is 27.4. The molecule has 57 heavy (non-hydrogen) atoms. The van der Waals surface area contributed by atoms with Crippen LogP contribution in [-0.4, -0.2) is 9.97 Å². The second kappa shape index (κ2) is 18.4. The Morgan fingerprint density at radius 3 is 1.40 bits per heavy atom. The third-order valence-corrected chi connectivity index (χ3v) is 12.2. The molecule has 0 unspecified atom stereocenters. The van der Waals surface area contributed by atoms with E-state index in [-0.39, 0.29) is 16.5 Å². The SMILES string of the molecule is CCCCc1c2nc(c(-c3ccccc3)c3[n-]c(cc4nc(c(-c5ccccc5)c5[n-]c1c(CC)c5CC)C(CC)=C4CC)c(CC)c3CC)C(CC)=C2CC.[Ni+2]. The topological polar surface area (TPSA) is 54.0 Å². The number of aryl methyl sites for hydroxylation is 5. The summed E-state index contributed by atoms with van der Waals surface area (Å²) in [6.45, 7) is 20.7. The molecule has 0 saturated carbocycles. The Morgan fingerprint density at radius 1 is 0.439 bits per heavy atom. The first-order valence-electron chi connectivity index (χ1n) is 21.7. The van der Waals surface area contributed by atoms with E-state index in [0.717, 1.165) is 127 Å². The standard InChI is InChI=1S/C52H60N4.Ni/c1-10-19-30-42-47-38(15-6)40(17-8)51(55-47)45(32-26-22-20-23-27-32)49-36(13-4)34(11-2)43(53-49)31-44-35(12-3)37(14-5)50(54-44)46(33-28-24-21-25-29-33)52-41(18-9)39(16-7)48(42)56-52;/h20-29,31H,10-19,30H2,1-9H3;/q-2;+2. The van der Waals surface area contributed by atoms with Crippen molar-refractivity contribution in [2.75, 3.05) is 0 Å². The number of unbranched alkanes of at least 4 members (excludes halogenated alkanes) is 1. The van der Waals surface area contributed by atoms with E-state index >= 15 is 0 Å². The molecule has 0 aliphatic carbocycles. The summed E-state index contributed by atoms with van der Waals surface area (Å²) in [5.74, 6) is 0. The van der Waals surface area contributed by atoms with Gasteiger partial charge in [-0.2, -0.15) is 0 Å². The van der Waals surface area contributed by atoms with Gasteiger partial charge in [-0.1, -0.05) is 158 Å². The molecule has 2 aliphatic rings. The molecule has 4 nitrogen and oxygen atoms in total. The van der Waals surface area contributed by atoms with Crippen molar-refractivity contribution in [1.82, 2.24) is 19.9 Å². The minimum Gasteiger partial charge on any atom is -0.657 e. The smallest absolute Gasteiger partial charge is 0.657 e. The van der Waals surface area contributed by atoms with Gasteiger partial charge in [-0.15, -0.1) is 22.1 Å². The first kappa shape index (κ1) is 42.1. The van der Waals surface area contributed by atoms with Crippen LogP contribution in [-0.2, 0) is 48.6 Å². The maximum Gasteiger partial charge on any atom is 2.00 e. The zero-order valence-electron chi connectivity index (χ0n) is 35.7. The van der Waals surface area contributed by atoms with E-state index in [1.807, 2.05) is 0 Å². The van der Waals surface area contributed by atoms with E-state index in [9.17, 15) is 0 Å². The summed E-state index contributed by atoms with van der Waals surface area (Å²) in [4.78, 5) is 23.1. The van der Waals surface area contributed by atoms with Crippen LogP contribution in [0, 0.1) is 0 Å². The molecule has 0 atom stereocenters. The zero-order valence-corrected chi connectivity index (χ0v) is 36.7. The molecule has 5 heterocycles. The van der Waals surface area contributed by atoms with Gasteiger partial charge in [-0.3, -0.25) is 0 Å². The molecule has 0 radical (unpaired) electrons. The minimum absolute atomic E-state index is 0. The quantitative estimate of drug-likeness (QED) is 0.111. The first-order valence-corrected chi connectivity index (χ1v) is 21.7. The van der Waals surface area contributed by atoms with E-state index in [1.165, 1.54) is 61.2 Å². The molecule has 2 aliphatic heterocycles. The Balaban J connectivity index is 0.00000549. The van der Waals surface area contributed by atoms with Crippen molar-refractivity contribution in [3.05, 3.63) is 117 Å². The van der Waals surface area contributed by atoms with Crippen molar-refractivity contribution in [2.24, 2.45) is 0 Å². The molecule has 7 rings (SSSR count). The summed E-state index contributed by atoms with van der Waals surface area (Å²) in [5, 5.41) is 0. The summed E-state index contributed by atoms with van der Waals surface area (Å²) in [6, 6.07) is 24.2. The fourth-order valence-electron chi connectivity index (χ4n) is 9.62. The van der Waals surface area contributed by atoms with Gasteiger partial charge in [0.1, 0.15) is 0 Å². The zero-order chi connectivity index (χ0) is 39.5. The summed E-state index contributed by atoms with van der Waals surface area (Å²) < 4.78 is 0. The average molecular weight is 800 g/mol. The fourth-order valence-corrected chi connectivity index (χ4v) is 9.62. The maximum atomic E-state index is 5.86. The van der Waals surface area contributed by atoms with Crippen LogP contribution < -0.4 is 9.97 Å². The van der Waals surface area contributed by atoms with Gasteiger partial charge < -0.3 is 9.97 Å². The number of hydrogen-bond acceptors (Lipinski definition) is 2. The van der Waals surface area contributed by atoms with Crippen molar-refractivity contribution in [1.29, 1.82) is 0 Å². The van der Waals surface area contributed by atoms with Crippen LogP contribution in [0.1, 0.15) is 151 Å². The molecule has 0 amide bonds. The molecule has 2 aromatic carbocycles. The molecule has 0 N–H and O–H groups in total. The Hall–Kier alpha value is -4.47. The van der Waals surface area contributed by atoms with Crippen LogP contribution in [0.5, 0.6) is 0 Å². The van der Waals surface area contributed by atoms with Crippen LogP contribution >= 0.6 is 0 Å². The van der Waals surface area contributed by atoms with E-state index in [2.05, 4.69) is 129 Å². The molecule has 0 spiro atoms. The van der Waals surface area contributed by atoms with E-state index in [1.54, 1.807) is 0 Å². The van der Waals surface area contributed by atoms with Gasteiger partial charge in [0.2, 0.25) is 0 Å². The number of allylic oxidation sites excluding steroid dienone is 4. The van der Waals surface area contributed by atoms with Crippen molar-refractivity contribution >= 4 is 44.4 Å². The average Bonchev–Trinajstić information content (AvgIpc) is 3.98. The summed E-state index contributed by atoms with van der Waals surface area (Å²) >= 11 is 0. The predicted molar refractivity (Wildman–Crippen MR) is 241 cm³/mol. The third-order valence-electron chi connectivity index (χ3n) is 12.2. The molecule has 0 saturated heterocycles. The Bertz CT molecular complexity index is 2440. The van der Waals surface area contributed by atoms with E-state index in [0.29, 0.717) is 0 Å². The molecule has 5 heteroatoms. The largest absolute Gasteiger partial charge is 2.00 e. The van der Waals surface area contributed by atoms with Crippen molar-refractivity contribution < 1.29 is 16.5 Å². The molecular formula is C52H60N4Ni. The van der Waals surface area contributed by atoms with E-state index < -0.39 is 0 Å². The van der Waals surface area contributed by atoms with Gasteiger partial charge in [0.15, 0.2) is 0 Å². The van der Waals surface area contributed by atoms with Gasteiger partial charge in [-0.05, 0) is 114 Å².